The van der Waals surface area contributed by atoms with E-state index in [1.54, 1.807) is 12.4 Å². The minimum atomic E-state index is -0.862. The lowest BCUT2D eigenvalue weighted by Crippen LogP contribution is -2.56. The second-order valence-corrected chi connectivity index (χ2v) is 8.85. The first-order valence-corrected chi connectivity index (χ1v) is 10.0. The number of rotatable bonds is 7. The molecule has 2 N–H and O–H groups in total. The van der Waals surface area contributed by atoms with Crippen LogP contribution in [0.5, 0.6) is 0 Å². The summed E-state index contributed by atoms with van der Waals surface area (Å²) in [6.45, 7) is 2.47. The van der Waals surface area contributed by atoms with E-state index in [0.717, 1.165) is 24.2 Å². The fraction of sp³-hybridized carbons (Fsp3) is 0.750. The fourth-order valence-corrected chi connectivity index (χ4v) is 6.35. The SMILES string of the molecule is CCC(NC(=O)c1cnn(CCC(=O)O)c1)C12CC3CC(CC(C3)C1)C2. The molecule has 0 aromatic carbocycles. The van der Waals surface area contributed by atoms with Gasteiger partial charge in [-0.15, -0.1) is 0 Å². The smallest absolute Gasteiger partial charge is 0.305 e. The summed E-state index contributed by atoms with van der Waals surface area (Å²) in [7, 11) is 0. The van der Waals surface area contributed by atoms with Crippen molar-refractivity contribution in [2.75, 3.05) is 0 Å². The Morgan fingerprint density at radius 2 is 1.88 bits per heavy atom. The number of hydrogen-bond acceptors (Lipinski definition) is 3. The molecule has 26 heavy (non-hydrogen) atoms. The first-order valence-electron chi connectivity index (χ1n) is 10.0. The van der Waals surface area contributed by atoms with Crippen LogP contribution in [0.15, 0.2) is 12.4 Å². The van der Waals surface area contributed by atoms with Crippen LogP contribution in [0.1, 0.15) is 68.6 Å². The highest BCUT2D eigenvalue weighted by atomic mass is 16.4. The molecule has 1 atom stereocenters. The number of aryl methyl sites for hydroxylation is 1. The van der Waals surface area contributed by atoms with Crippen LogP contribution in [-0.4, -0.2) is 32.8 Å². The molecule has 4 aliphatic carbocycles. The number of nitrogens with one attached hydrogen (secondary N) is 1. The highest BCUT2D eigenvalue weighted by molar-refractivity contribution is 5.93. The summed E-state index contributed by atoms with van der Waals surface area (Å²) < 4.78 is 1.54. The van der Waals surface area contributed by atoms with Gasteiger partial charge in [-0.05, 0) is 68.1 Å². The predicted molar refractivity (Wildman–Crippen MR) is 96.6 cm³/mol. The quantitative estimate of drug-likeness (QED) is 0.783. The second-order valence-electron chi connectivity index (χ2n) is 8.85. The minimum absolute atomic E-state index is 0.00754. The summed E-state index contributed by atoms with van der Waals surface area (Å²) in [6.07, 6.45) is 12.2. The zero-order valence-electron chi connectivity index (χ0n) is 15.5. The van der Waals surface area contributed by atoms with Crippen LogP contribution in [0.3, 0.4) is 0 Å². The summed E-state index contributed by atoms with van der Waals surface area (Å²) in [4.78, 5) is 23.5. The number of amides is 1. The Hall–Kier alpha value is -1.85. The van der Waals surface area contributed by atoms with Crippen molar-refractivity contribution in [1.82, 2.24) is 15.1 Å². The molecule has 1 heterocycles. The van der Waals surface area contributed by atoms with Crippen molar-refractivity contribution in [3.05, 3.63) is 18.0 Å². The highest BCUT2D eigenvalue weighted by Crippen LogP contribution is 2.61. The van der Waals surface area contributed by atoms with E-state index in [1.165, 1.54) is 43.2 Å². The maximum absolute atomic E-state index is 12.8. The zero-order chi connectivity index (χ0) is 18.3. The monoisotopic (exact) mass is 359 g/mol. The molecule has 1 aromatic rings. The zero-order valence-corrected chi connectivity index (χ0v) is 15.5. The van der Waals surface area contributed by atoms with Crippen molar-refractivity contribution in [1.29, 1.82) is 0 Å². The average Bonchev–Trinajstić information content (AvgIpc) is 3.05. The number of carboxylic acid groups (broad SMARTS) is 1. The highest BCUT2D eigenvalue weighted by Gasteiger charge is 2.54. The first kappa shape index (κ1) is 17.6. The van der Waals surface area contributed by atoms with Gasteiger partial charge in [0.1, 0.15) is 0 Å². The standard InChI is InChI=1S/C20H29N3O3/c1-2-17(20-8-13-5-14(9-20)7-15(6-13)10-20)22-19(26)16-11-21-23(12-16)4-3-18(24)25/h11-15,17H,2-10H2,1H3,(H,22,26)(H,24,25). The van der Waals surface area contributed by atoms with Crippen molar-refractivity contribution in [3.8, 4) is 0 Å². The van der Waals surface area contributed by atoms with Crippen LogP contribution in [0.25, 0.3) is 0 Å². The summed E-state index contributed by atoms with van der Waals surface area (Å²) in [5.74, 6) is 1.66. The van der Waals surface area contributed by atoms with E-state index in [1.807, 2.05) is 0 Å². The van der Waals surface area contributed by atoms with Crippen molar-refractivity contribution >= 4 is 11.9 Å². The predicted octanol–water partition coefficient (Wildman–Crippen LogP) is 3.08. The van der Waals surface area contributed by atoms with Crippen LogP contribution in [-0.2, 0) is 11.3 Å². The number of carbonyl (C=O) groups is 2. The molecule has 0 spiro atoms. The molecule has 1 amide bonds. The Morgan fingerprint density at radius 3 is 2.42 bits per heavy atom. The lowest BCUT2D eigenvalue weighted by Gasteiger charge is -2.59. The Kier molecular flexibility index (Phi) is 4.53. The average molecular weight is 359 g/mol. The van der Waals surface area contributed by atoms with Gasteiger partial charge in [-0.1, -0.05) is 6.92 Å². The molecule has 1 aromatic heterocycles. The maximum Gasteiger partial charge on any atom is 0.305 e. The van der Waals surface area contributed by atoms with Crippen molar-refractivity contribution in [2.24, 2.45) is 23.2 Å². The van der Waals surface area contributed by atoms with E-state index >= 15 is 0 Å². The number of aliphatic carboxylic acids is 1. The lowest BCUT2D eigenvalue weighted by atomic mass is 9.47. The van der Waals surface area contributed by atoms with E-state index < -0.39 is 5.97 Å². The molecule has 0 saturated heterocycles. The Morgan fingerprint density at radius 1 is 1.27 bits per heavy atom. The van der Waals surface area contributed by atoms with Gasteiger partial charge in [0.25, 0.3) is 5.91 Å². The minimum Gasteiger partial charge on any atom is -0.481 e. The number of carbonyl (C=O) groups excluding carboxylic acids is 1. The van der Waals surface area contributed by atoms with E-state index in [9.17, 15) is 9.59 Å². The molecule has 0 aliphatic heterocycles. The Labute approximate surface area is 154 Å². The van der Waals surface area contributed by atoms with Gasteiger partial charge in [-0.3, -0.25) is 14.3 Å². The van der Waals surface area contributed by atoms with Crippen molar-refractivity contribution < 1.29 is 14.7 Å². The van der Waals surface area contributed by atoms with Crippen molar-refractivity contribution in [2.45, 2.75) is 70.9 Å². The summed E-state index contributed by atoms with van der Waals surface area (Å²) in [5, 5.41) is 16.2. The number of aromatic nitrogens is 2. The Balaban J connectivity index is 1.43. The van der Waals surface area contributed by atoms with Gasteiger partial charge in [0, 0.05) is 12.2 Å². The molecule has 4 bridgehead atoms. The van der Waals surface area contributed by atoms with E-state index in [-0.39, 0.29) is 24.9 Å². The summed E-state index contributed by atoms with van der Waals surface area (Å²) in [6, 6.07) is 0.228. The van der Waals surface area contributed by atoms with Crippen LogP contribution in [0.4, 0.5) is 0 Å². The molecule has 4 aliphatic rings. The molecule has 142 valence electrons. The van der Waals surface area contributed by atoms with Gasteiger partial charge in [0.05, 0.1) is 24.7 Å². The van der Waals surface area contributed by atoms with Gasteiger partial charge in [-0.2, -0.15) is 5.10 Å². The first-order chi connectivity index (χ1) is 12.5. The molecular formula is C20H29N3O3. The molecule has 5 rings (SSSR count). The lowest BCUT2D eigenvalue weighted by molar-refractivity contribution is -0.137. The van der Waals surface area contributed by atoms with Crippen LogP contribution >= 0.6 is 0 Å². The number of carboxylic acids is 1. The van der Waals surface area contributed by atoms with Gasteiger partial charge >= 0.3 is 5.97 Å². The van der Waals surface area contributed by atoms with Gasteiger partial charge < -0.3 is 10.4 Å². The molecule has 1 unspecified atom stereocenters. The van der Waals surface area contributed by atoms with Crippen LogP contribution in [0.2, 0.25) is 0 Å². The Bertz CT molecular complexity index is 661. The number of hydrogen-bond donors (Lipinski definition) is 2. The van der Waals surface area contributed by atoms with Gasteiger partial charge in [0.15, 0.2) is 0 Å². The van der Waals surface area contributed by atoms with E-state index in [2.05, 4.69) is 17.3 Å². The number of nitrogens with zero attached hydrogens (tertiary/aromatic N) is 2. The third-order valence-electron chi connectivity index (χ3n) is 6.99. The molecule has 6 heteroatoms. The van der Waals surface area contributed by atoms with Crippen LogP contribution < -0.4 is 5.32 Å². The second kappa shape index (κ2) is 6.71. The third kappa shape index (κ3) is 3.26. The largest absolute Gasteiger partial charge is 0.481 e. The topological polar surface area (TPSA) is 84.2 Å². The normalized spacial score (nSPS) is 33.2. The van der Waals surface area contributed by atoms with E-state index in [4.69, 9.17) is 5.11 Å². The molecule has 6 nitrogen and oxygen atoms in total. The van der Waals surface area contributed by atoms with Gasteiger partial charge in [0.2, 0.25) is 0 Å². The molecule has 0 radical (unpaired) electrons. The molecule has 4 fully saturated rings. The summed E-state index contributed by atoms with van der Waals surface area (Å²) in [5.41, 5.74) is 0.817. The molecular weight excluding hydrogens is 330 g/mol. The van der Waals surface area contributed by atoms with E-state index in [0.29, 0.717) is 11.0 Å². The third-order valence-corrected chi connectivity index (χ3v) is 6.99. The fourth-order valence-electron chi connectivity index (χ4n) is 6.35. The van der Waals surface area contributed by atoms with Crippen LogP contribution in [0, 0.1) is 23.2 Å². The van der Waals surface area contributed by atoms with Crippen molar-refractivity contribution in [3.63, 3.8) is 0 Å². The van der Waals surface area contributed by atoms with Gasteiger partial charge in [-0.25, -0.2) is 0 Å². The maximum atomic E-state index is 12.8. The summed E-state index contributed by atoms with van der Waals surface area (Å²) >= 11 is 0. The molecule has 4 saturated carbocycles.